The van der Waals surface area contributed by atoms with Gasteiger partial charge in [-0.25, -0.2) is 4.98 Å². The van der Waals surface area contributed by atoms with E-state index in [1.807, 2.05) is 36.4 Å². The number of hydrogen-bond donors (Lipinski definition) is 0. The number of para-hydroxylation sites is 3. The van der Waals surface area contributed by atoms with Gasteiger partial charge in [-0.2, -0.15) is 0 Å². The summed E-state index contributed by atoms with van der Waals surface area (Å²) in [6, 6.07) is 52.1. The summed E-state index contributed by atoms with van der Waals surface area (Å²) in [6.45, 7) is 0. The number of rotatable bonds is 5. The Bertz CT molecular complexity index is 2140. The van der Waals surface area contributed by atoms with Gasteiger partial charge < -0.3 is 0 Å². The summed E-state index contributed by atoms with van der Waals surface area (Å²) in [5, 5.41) is 11.9. The van der Waals surface area contributed by atoms with E-state index in [4.69, 9.17) is 15.2 Å². The minimum absolute atomic E-state index is 0.684. The molecule has 3 heterocycles. The SMILES string of the molecule is c1ccc(-c2cccc(-c3nnc(-c4cccc(-n5c6ccccc6c6ccccc65)n4)n3-c3ccccc3)c2)cc1. The Morgan fingerprint density at radius 1 is 0.405 bits per heavy atom. The fourth-order valence-corrected chi connectivity index (χ4v) is 5.77. The molecule has 5 aromatic carbocycles. The fourth-order valence-electron chi connectivity index (χ4n) is 5.77. The van der Waals surface area contributed by atoms with Crippen LogP contribution in [-0.2, 0) is 0 Å². The maximum atomic E-state index is 5.18. The van der Waals surface area contributed by atoms with Crippen molar-refractivity contribution < 1.29 is 0 Å². The first-order valence-electron chi connectivity index (χ1n) is 14.0. The summed E-state index contributed by atoms with van der Waals surface area (Å²) in [5.41, 5.74) is 7.22. The number of fused-ring (bicyclic) bond motifs is 3. The highest BCUT2D eigenvalue weighted by atomic mass is 15.3. The minimum Gasteiger partial charge on any atom is -0.294 e. The summed E-state index contributed by atoms with van der Waals surface area (Å²) < 4.78 is 4.32. The van der Waals surface area contributed by atoms with E-state index in [-0.39, 0.29) is 0 Å². The van der Waals surface area contributed by atoms with Crippen LogP contribution >= 0.6 is 0 Å². The lowest BCUT2D eigenvalue weighted by Gasteiger charge is -2.13. The van der Waals surface area contributed by atoms with Gasteiger partial charge in [-0.05, 0) is 53.6 Å². The molecule has 5 heteroatoms. The summed E-state index contributed by atoms with van der Waals surface area (Å²) in [5.74, 6) is 2.28. The molecule has 0 aliphatic rings. The summed E-state index contributed by atoms with van der Waals surface area (Å²) in [4.78, 5) is 5.18. The number of nitrogens with zero attached hydrogens (tertiary/aromatic N) is 5. The van der Waals surface area contributed by atoms with E-state index in [9.17, 15) is 0 Å². The van der Waals surface area contributed by atoms with Gasteiger partial charge in [0, 0.05) is 22.0 Å². The van der Waals surface area contributed by atoms with Crippen molar-refractivity contribution in [2.45, 2.75) is 0 Å². The van der Waals surface area contributed by atoms with Gasteiger partial charge in [-0.1, -0.05) is 109 Å². The van der Waals surface area contributed by atoms with Crippen LogP contribution in [0.4, 0.5) is 0 Å². The van der Waals surface area contributed by atoms with Gasteiger partial charge in [0.2, 0.25) is 0 Å². The van der Waals surface area contributed by atoms with Crippen LogP contribution in [0.5, 0.6) is 0 Å². The van der Waals surface area contributed by atoms with Crippen LogP contribution in [0, 0.1) is 0 Å². The predicted molar refractivity (Wildman–Crippen MR) is 170 cm³/mol. The molecule has 0 amide bonds. The second kappa shape index (κ2) is 9.98. The van der Waals surface area contributed by atoms with E-state index >= 15 is 0 Å². The second-order valence-corrected chi connectivity index (χ2v) is 10.2. The smallest absolute Gasteiger partial charge is 0.187 e. The standard InChI is InChI=1S/C37H25N5/c1-3-13-26(14-4-1)27-15-11-16-28(25-27)36-39-40-37(41(36)29-17-5-2-6-18-29)32-21-12-24-35(38-32)42-33-22-9-7-19-30(33)31-20-8-10-23-34(31)42/h1-25H. The van der Waals surface area contributed by atoms with Crippen molar-refractivity contribution >= 4 is 21.8 Å². The molecule has 0 aliphatic carbocycles. The molecule has 0 saturated carbocycles. The van der Waals surface area contributed by atoms with E-state index in [1.54, 1.807) is 0 Å². The molecule has 0 unspecified atom stereocenters. The molecule has 0 radical (unpaired) electrons. The number of pyridine rings is 1. The van der Waals surface area contributed by atoms with E-state index < -0.39 is 0 Å². The van der Waals surface area contributed by atoms with Crippen LogP contribution in [0.25, 0.3) is 67.3 Å². The molecule has 198 valence electrons. The minimum atomic E-state index is 0.684. The van der Waals surface area contributed by atoms with E-state index in [0.29, 0.717) is 5.82 Å². The molecule has 0 aliphatic heterocycles. The van der Waals surface area contributed by atoms with Crippen LogP contribution in [0.2, 0.25) is 0 Å². The first kappa shape index (κ1) is 24.0. The Hall–Kier alpha value is -5.81. The zero-order chi connectivity index (χ0) is 27.9. The fraction of sp³-hybridized carbons (Fsp3) is 0. The molecule has 0 fully saturated rings. The molecule has 0 saturated heterocycles. The van der Waals surface area contributed by atoms with Crippen molar-refractivity contribution in [2.24, 2.45) is 0 Å². The molecular formula is C37H25N5. The predicted octanol–water partition coefficient (Wildman–Crippen LogP) is 8.76. The molecule has 0 spiro atoms. The summed E-state index contributed by atoms with van der Waals surface area (Å²) in [6.07, 6.45) is 0. The maximum absolute atomic E-state index is 5.18. The normalized spacial score (nSPS) is 11.3. The first-order valence-corrected chi connectivity index (χ1v) is 14.0. The molecule has 0 atom stereocenters. The highest BCUT2D eigenvalue weighted by Crippen LogP contribution is 2.33. The van der Waals surface area contributed by atoms with Gasteiger partial charge in [-0.15, -0.1) is 10.2 Å². The molecule has 5 nitrogen and oxygen atoms in total. The van der Waals surface area contributed by atoms with Crippen molar-refractivity contribution in [3.05, 3.63) is 152 Å². The van der Waals surface area contributed by atoms with Crippen molar-refractivity contribution in [3.63, 3.8) is 0 Å². The first-order chi connectivity index (χ1) is 20.8. The zero-order valence-corrected chi connectivity index (χ0v) is 22.7. The Labute approximate surface area is 243 Å². The van der Waals surface area contributed by atoms with Crippen molar-refractivity contribution in [3.8, 4) is 45.5 Å². The molecule has 3 aromatic heterocycles. The average molecular weight is 540 g/mol. The zero-order valence-electron chi connectivity index (χ0n) is 22.7. The Kier molecular flexibility index (Phi) is 5.71. The lowest BCUT2D eigenvalue weighted by Crippen LogP contribution is -2.03. The Morgan fingerprint density at radius 3 is 1.71 bits per heavy atom. The van der Waals surface area contributed by atoms with Gasteiger partial charge in [0.05, 0.1) is 11.0 Å². The molecular weight excluding hydrogens is 514 g/mol. The van der Waals surface area contributed by atoms with Crippen LogP contribution in [-0.4, -0.2) is 24.3 Å². The highest BCUT2D eigenvalue weighted by Gasteiger charge is 2.20. The van der Waals surface area contributed by atoms with Crippen LogP contribution in [0.3, 0.4) is 0 Å². The lowest BCUT2D eigenvalue weighted by atomic mass is 10.0. The third-order valence-corrected chi connectivity index (χ3v) is 7.68. The number of benzene rings is 5. The number of aromatic nitrogens is 5. The summed E-state index contributed by atoms with van der Waals surface area (Å²) >= 11 is 0. The van der Waals surface area contributed by atoms with Crippen LogP contribution in [0.15, 0.2) is 152 Å². The molecule has 42 heavy (non-hydrogen) atoms. The van der Waals surface area contributed by atoms with E-state index in [2.05, 4.69) is 124 Å². The Morgan fingerprint density at radius 2 is 0.976 bits per heavy atom. The monoisotopic (exact) mass is 539 g/mol. The van der Waals surface area contributed by atoms with Gasteiger partial charge in [-0.3, -0.25) is 9.13 Å². The van der Waals surface area contributed by atoms with E-state index in [1.165, 1.54) is 10.8 Å². The second-order valence-electron chi connectivity index (χ2n) is 10.2. The topological polar surface area (TPSA) is 48.5 Å². The number of hydrogen-bond acceptors (Lipinski definition) is 3. The van der Waals surface area contributed by atoms with Crippen molar-refractivity contribution in [1.82, 2.24) is 24.3 Å². The molecule has 8 rings (SSSR count). The lowest BCUT2D eigenvalue weighted by molar-refractivity contribution is 1.03. The van der Waals surface area contributed by atoms with Crippen molar-refractivity contribution in [1.29, 1.82) is 0 Å². The van der Waals surface area contributed by atoms with Crippen LogP contribution in [0.1, 0.15) is 0 Å². The third-order valence-electron chi connectivity index (χ3n) is 7.68. The van der Waals surface area contributed by atoms with E-state index in [0.717, 1.165) is 50.7 Å². The molecule has 8 aromatic rings. The Balaban J connectivity index is 1.32. The van der Waals surface area contributed by atoms with Gasteiger partial charge in [0.15, 0.2) is 11.6 Å². The van der Waals surface area contributed by atoms with Gasteiger partial charge in [0.1, 0.15) is 11.5 Å². The largest absolute Gasteiger partial charge is 0.294 e. The molecule has 0 bridgehead atoms. The van der Waals surface area contributed by atoms with Gasteiger partial charge >= 0.3 is 0 Å². The highest BCUT2D eigenvalue weighted by molar-refractivity contribution is 6.09. The van der Waals surface area contributed by atoms with Gasteiger partial charge in [0.25, 0.3) is 0 Å². The average Bonchev–Trinajstić information content (AvgIpc) is 3.66. The maximum Gasteiger partial charge on any atom is 0.187 e. The summed E-state index contributed by atoms with van der Waals surface area (Å²) in [7, 11) is 0. The van der Waals surface area contributed by atoms with Crippen LogP contribution < -0.4 is 0 Å². The quantitative estimate of drug-likeness (QED) is 0.220. The third kappa shape index (κ3) is 3.99. The van der Waals surface area contributed by atoms with Crippen molar-refractivity contribution in [2.75, 3.05) is 0 Å². The molecule has 0 N–H and O–H groups in total.